The molecule has 20 heavy (non-hydrogen) atoms. The number of nitrogens with one attached hydrogen (secondary N) is 1. The van der Waals surface area contributed by atoms with E-state index in [9.17, 15) is 4.39 Å². The van der Waals surface area contributed by atoms with Gasteiger partial charge in [0.05, 0.1) is 12.7 Å². The molecule has 1 heterocycles. The van der Waals surface area contributed by atoms with Crippen LogP contribution in [-0.2, 0) is 11.3 Å². The van der Waals surface area contributed by atoms with Crippen molar-refractivity contribution in [1.29, 1.82) is 0 Å². The first-order chi connectivity index (χ1) is 9.49. The first-order valence-electron chi connectivity index (χ1n) is 7.38. The van der Waals surface area contributed by atoms with E-state index in [4.69, 9.17) is 4.74 Å². The Labute approximate surface area is 121 Å². The van der Waals surface area contributed by atoms with Gasteiger partial charge in [0.2, 0.25) is 0 Å². The molecule has 0 amide bonds. The average molecular weight is 280 g/mol. The number of anilines is 1. The summed E-state index contributed by atoms with van der Waals surface area (Å²) in [5.74, 6) is -0.137. The highest BCUT2D eigenvalue weighted by Gasteiger charge is 2.26. The summed E-state index contributed by atoms with van der Waals surface area (Å²) in [4.78, 5) is 2.26. The number of hydrogen-bond donors (Lipinski definition) is 1. The van der Waals surface area contributed by atoms with Crippen LogP contribution in [0.5, 0.6) is 0 Å². The highest BCUT2D eigenvalue weighted by molar-refractivity contribution is 5.55. The summed E-state index contributed by atoms with van der Waals surface area (Å²) < 4.78 is 19.8. The lowest BCUT2D eigenvalue weighted by molar-refractivity contribution is 0.0343. The summed E-state index contributed by atoms with van der Waals surface area (Å²) in [5, 5.41) is 3.31. The summed E-state index contributed by atoms with van der Waals surface area (Å²) in [6.45, 7) is 10.4. The zero-order valence-corrected chi connectivity index (χ0v) is 12.8. The van der Waals surface area contributed by atoms with Crippen LogP contribution in [0.15, 0.2) is 18.2 Å². The standard InChI is InChI=1S/C16H25FN2O/c1-11(2)18-8-14-15(17)6-5-7-16(14)19-9-13(4)20-10-12(19)3/h5-7,11-13,18H,8-10H2,1-4H3. The number of halogens is 1. The molecule has 4 heteroatoms. The van der Waals surface area contributed by atoms with E-state index in [1.54, 1.807) is 6.07 Å². The second-order valence-corrected chi connectivity index (χ2v) is 5.92. The van der Waals surface area contributed by atoms with Crippen LogP contribution in [0.1, 0.15) is 33.3 Å². The van der Waals surface area contributed by atoms with Crippen LogP contribution in [-0.4, -0.2) is 31.3 Å². The molecule has 2 atom stereocenters. The van der Waals surface area contributed by atoms with Gasteiger partial charge in [-0.25, -0.2) is 4.39 Å². The lowest BCUT2D eigenvalue weighted by Gasteiger charge is -2.39. The lowest BCUT2D eigenvalue weighted by atomic mass is 10.1. The maximum Gasteiger partial charge on any atom is 0.129 e. The maximum atomic E-state index is 14.2. The number of nitrogens with zero attached hydrogens (tertiary/aromatic N) is 1. The van der Waals surface area contributed by atoms with Crippen LogP contribution in [0, 0.1) is 5.82 Å². The molecule has 1 fully saturated rings. The number of benzene rings is 1. The average Bonchev–Trinajstić information content (AvgIpc) is 2.40. The molecule has 1 aromatic carbocycles. The van der Waals surface area contributed by atoms with E-state index in [1.807, 2.05) is 6.07 Å². The lowest BCUT2D eigenvalue weighted by Crippen LogP contribution is -2.48. The summed E-state index contributed by atoms with van der Waals surface area (Å²) >= 11 is 0. The van der Waals surface area contributed by atoms with E-state index < -0.39 is 0 Å². The van der Waals surface area contributed by atoms with Crippen LogP contribution in [0.25, 0.3) is 0 Å². The molecule has 112 valence electrons. The van der Waals surface area contributed by atoms with Crippen molar-refractivity contribution in [2.24, 2.45) is 0 Å². The van der Waals surface area contributed by atoms with Crippen molar-refractivity contribution in [3.63, 3.8) is 0 Å². The zero-order chi connectivity index (χ0) is 14.7. The zero-order valence-electron chi connectivity index (χ0n) is 12.8. The molecule has 3 nitrogen and oxygen atoms in total. The Hall–Kier alpha value is -1.13. The van der Waals surface area contributed by atoms with E-state index in [2.05, 4.69) is 37.9 Å². The molecule has 0 radical (unpaired) electrons. The Bertz CT molecular complexity index is 450. The molecule has 0 saturated carbocycles. The van der Waals surface area contributed by atoms with E-state index in [-0.39, 0.29) is 18.0 Å². The van der Waals surface area contributed by atoms with Crippen LogP contribution in [0.3, 0.4) is 0 Å². The molecule has 0 aliphatic carbocycles. The minimum absolute atomic E-state index is 0.137. The molecule has 1 N–H and O–H groups in total. The molecular formula is C16H25FN2O. The molecule has 1 aliphatic heterocycles. The van der Waals surface area contributed by atoms with Crippen molar-refractivity contribution in [2.75, 3.05) is 18.1 Å². The quantitative estimate of drug-likeness (QED) is 0.917. The van der Waals surface area contributed by atoms with Gasteiger partial charge in [-0.3, -0.25) is 0 Å². The predicted molar refractivity (Wildman–Crippen MR) is 80.6 cm³/mol. The van der Waals surface area contributed by atoms with E-state index in [1.165, 1.54) is 6.07 Å². The molecule has 1 aromatic rings. The van der Waals surface area contributed by atoms with Gasteiger partial charge in [-0.2, -0.15) is 0 Å². The molecule has 0 bridgehead atoms. The van der Waals surface area contributed by atoms with Gasteiger partial charge in [0.15, 0.2) is 0 Å². The molecular weight excluding hydrogens is 255 g/mol. The Morgan fingerprint density at radius 2 is 2.15 bits per heavy atom. The maximum absolute atomic E-state index is 14.2. The van der Waals surface area contributed by atoms with Gasteiger partial charge in [-0.1, -0.05) is 19.9 Å². The smallest absolute Gasteiger partial charge is 0.129 e. The summed E-state index contributed by atoms with van der Waals surface area (Å²) in [5.41, 5.74) is 1.74. The number of rotatable bonds is 4. The van der Waals surface area contributed by atoms with Crippen molar-refractivity contribution in [3.8, 4) is 0 Å². The monoisotopic (exact) mass is 280 g/mol. The molecule has 2 unspecified atom stereocenters. The minimum Gasteiger partial charge on any atom is -0.375 e. The fraction of sp³-hybridized carbons (Fsp3) is 0.625. The van der Waals surface area contributed by atoms with Crippen LogP contribution in [0.4, 0.5) is 10.1 Å². The second kappa shape index (κ2) is 6.55. The van der Waals surface area contributed by atoms with Crippen molar-refractivity contribution >= 4 is 5.69 Å². The molecule has 1 aliphatic rings. The number of ether oxygens (including phenoxy) is 1. The molecule has 2 rings (SSSR count). The van der Waals surface area contributed by atoms with Gasteiger partial charge < -0.3 is 15.0 Å². The Balaban J connectivity index is 2.27. The van der Waals surface area contributed by atoms with Gasteiger partial charge >= 0.3 is 0 Å². The van der Waals surface area contributed by atoms with Crippen molar-refractivity contribution < 1.29 is 9.13 Å². The van der Waals surface area contributed by atoms with Crippen LogP contribution in [0.2, 0.25) is 0 Å². The molecule has 0 aromatic heterocycles. The third-order valence-electron chi connectivity index (χ3n) is 3.70. The normalized spacial score (nSPS) is 23.4. The first-order valence-corrected chi connectivity index (χ1v) is 7.38. The molecule has 0 spiro atoms. The largest absolute Gasteiger partial charge is 0.375 e. The van der Waals surface area contributed by atoms with Gasteiger partial charge in [-0.05, 0) is 26.0 Å². The predicted octanol–water partition coefficient (Wildman–Crippen LogP) is 2.94. The fourth-order valence-electron chi connectivity index (χ4n) is 2.54. The van der Waals surface area contributed by atoms with Crippen molar-refractivity contribution in [2.45, 2.75) is 52.4 Å². The fourth-order valence-corrected chi connectivity index (χ4v) is 2.54. The third-order valence-corrected chi connectivity index (χ3v) is 3.70. The van der Waals surface area contributed by atoms with Crippen LogP contribution < -0.4 is 10.2 Å². The second-order valence-electron chi connectivity index (χ2n) is 5.92. The van der Waals surface area contributed by atoms with Gasteiger partial charge in [0.1, 0.15) is 5.82 Å². The van der Waals surface area contributed by atoms with Gasteiger partial charge in [-0.15, -0.1) is 0 Å². The van der Waals surface area contributed by atoms with Crippen molar-refractivity contribution in [3.05, 3.63) is 29.6 Å². The summed E-state index contributed by atoms with van der Waals surface area (Å²) in [6, 6.07) is 5.94. The SMILES string of the molecule is CC(C)NCc1c(F)cccc1N1CC(C)OCC1C. The van der Waals surface area contributed by atoms with Crippen molar-refractivity contribution in [1.82, 2.24) is 5.32 Å². The van der Waals surface area contributed by atoms with E-state index in [0.29, 0.717) is 19.2 Å². The summed E-state index contributed by atoms with van der Waals surface area (Å²) in [6.07, 6.45) is 0.181. The first kappa shape index (κ1) is 15.3. The Morgan fingerprint density at radius 3 is 2.85 bits per heavy atom. The topological polar surface area (TPSA) is 24.5 Å². The Morgan fingerprint density at radius 1 is 1.40 bits per heavy atom. The highest BCUT2D eigenvalue weighted by Crippen LogP contribution is 2.27. The number of morpholine rings is 1. The summed E-state index contributed by atoms with van der Waals surface area (Å²) in [7, 11) is 0. The minimum atomic E-state index is -0.137. The molecule has 1 saturated heterocycles. The Kier molecular flexibility index (Phi) is 5.00. The van der Waals surface area contributed by atoms with Crippen LogP contribution >= 0.6 is 0 Å². The van der Waals surface area contributed by atoms with Gasteiger partial charge in [0.25, 0.3) is 0 Å². The number of hydrogen-bond acceptors (Lipinski definition) is 3. The van der Waals surface area contributed by atoms with Gasteiger partial charge in [0, 0.05) is 36.4 Å². The van der Waals surface area contributed by atoms with E-state index in [0.717, 1.165) is 17.8 Å². The van der Waals surface area contributed by atoms with E-state index >= 15 is 0 Å². The third kappa shape index (κ3) is 3.49. The highest BCUT2D eigenvalue weighted by atomic mass is 19.1.